The minimum atomic E-state index is -0.175. The number of thiophene rings is 1. The number of nitrogens with zero attached hydrogens (tertiary/aromatic N) is 2. The molecule has 0 radical (unpaired) electrons. The van der Waals surface area contributed by atoms with Crippen LogP contribution < -0.4 is 5.32 Å². The molecule has 26 heavy (non-hydrogen) atoms. The van der Waals surface area contributed by atoms with Gasteiger partial charge < -0.3 is 15.0 Å². The number of rotatable bonds is 4. The standard InChI is InChI=1S/C20H25N3O2S/c1-2-23-9-6-20(7-10-23)18-16(5-11-25-20)12-17(26-18)19(24)22-14-15-4-3-8-21-13-15/h3-4,8,12-13H,2,5-7,9-11,14H2,1H3,(H,22,24). The molecule has 0 aliphatic carbocycles. The number of fused-ring (bicyclic) bond motifs is 2. The summed E-state index contributed by atoms with van der Waals surface area (Å²) in [6, 6.07) is 5.93. The SMILES string of the molecule is CCN1CCC2(CC1)OCCc1cc(C(=O)NCc3cccnc3)sc12. The van der Waals surface area contributed by atoms with Crippen molar-refractivity contribution in [2.75, 3.05) is 26.2 Å². The fourth-order valence-corrected chi connectivity index (χ4v) is 5.23. The zero-order valence-electron chi connectivity index (χ0n) is 15.2. The van der Waals surface area contributed by atoms with E-state index in [0.717, 1.165) is 55.9 Å². The third-order valence-corrected chi connectivity index (χ3v) is 6.84. The summed E-state index contributed by atoms with van der Waals surface area (Å²) >= 11 is 1.62. The summed E-state index contributed by atoms with van der Waals surface area (Å²) in [5.41, 5.74) is 2.14. The van der Waals surface area contributed by atoms with Gasteiger partial charge in [0.2, 0.25) is 0 Å². The van der Waals surface area contributed by atoms with E-state index < -0.39 is 0 Å². The van der Waals surface area contributed by atoms with Gasteiger partial charge in [0.05, 0.1) is 11.5 Å². The normalized spacial score (nSPS) is 19.3. The third kappa shape index (κ3) is 3.41. The molecule has 6 heteroatoms. The fourth-order valence-electron chi connectivity index (χ4n) is 3.91. The Morgan fingerprint density at radius 1 is 1.42 bits per heavy atom. The summed E-state index contributed by atoms with van der Waals surface area (Å²) in [6.07, 6.45) is 6.46. The molecule has 0 bridgehead atoms. The second-order valence-corrected chi connectivity index (χ2v) is 8.09. The smallest absolute Gasteiger partial charge is 0.261 e. The van der Waals surface area contributed by atoms with Crippen molar-refractivity contribution in [2.45, 2.75) is 38.3 Å². The van der Waals surface area contributed by atoms with Crippen molar-refractivity contribution < 1.29 is 9.53 Å². The Bertz CT molecular complexity index is 767. The number of likely N-dealkylation sites (tertiary alicyclic amines) is 1. The zero-order valence-corrected chi connectivity index (χ0v) is 16.0. The van der Waals surface area contributed by atoms with Crippen molar-refractivity contribution in [3.05, 3.63) is 51.5 Å². The molecular formula is C20H25N3O2S. The number of piperidine rings is 1. The highest BCUT2D eigenvalue weighted by Crippen LogP contribution is 2.45. The van der Waals surface area contributed by atoms with Crippen LogP contribution in [0.4, 0.5) is 0 Å². The van der Waals surface area contributed by atoms with Gasteiger partial charge in [-0.15, -0.1) is 11.3 Å². The highest BCUT2D eigenvalue weighted by atomic mass is 32.1. The van der Waals surface area contributed by atoms with Gasteiger partial charge in [0, 0.05) is 36.9 Å². The van der Waals surface area contributed by atoms with Crippen LogP contribution in [0, 0.1) is 0 Å². The third-order valence-electron chi connectivity index (χ3n) is 5.48. The van der Waals surface area contributed by atoms with Gasteiger partial charge in [0.15, 0.2) is 0 Å². The van der Waals surface area contributed by atoms with Crippen LogP contribution in [-0.4, -0.2) is 42.0 Å². The Balaban J connectivity index is 1.49. The first kappa shape index (κ1) is 17.6. The van der Waals surface area contributed by atoms with E-state index in [9.17, 15) is 4.79 Å². The number of carbonyl (C=O) groups excluding carboxylic acids is 1. The summed E-state index contributed by atoms with van der Waals surface area (Å²) in [4.78, 5) is 21.3. The Morgan fingerprint density at radius 3 is 3.00 bits per heavy atom. The number of carbonyl (C=O) groups is 1. The maximum Gasteiger partial charge on any atom is 0.261 e. The molecule has 5 nitrogen and oxygen atoms in total. The Morgan fingerprint density at radius 2 is 2.27 bits per heavy atom. The summed E-state index contributed by atoms with van der Waals surface area (Å²) in [5, 5.41) is 3.01. The van der Waals surface area contributed by atoms with E-state index >= 15 is 0 Å². The number of aromatic nitrogens is 1. The Kier molecular flexibility index (Phi) is 5.07. The van der Waals surface area contributed by atoms with Crippen LogP contribution in [0.5, 0.6) is 0 Å². The van der Waals surface area contributed by atoms with Crippen LogP contribution in [0.25, 0.3) is 0 Å². The lowest BCUT2D eigenvalue weighted by molar-refractivity contribution is -0.0944. The molecule has 0 aromatic carbocycles. The predicted octanol–water partition coefficient (Wildman–Crippen LogP) is 2.96. The second kappa shape index (κ2) is 7.47. The maximum absolute atomic E-state index is 12.6. The minimum absolute atomic E-state index is 0.00519. The van der Waals surface area contributed by atoms with Gasteiger partial charge >= 0.3 is 0 Å². The molecule has 2 aromatic rings. The molecule has 4 heterocycles. The molecule has 0 unspecified atom stereocenters. The lowest BCUT2D eigenvalue weighted by Crippen LogP contribution is -2.45. The first-order chi connectivity index (χ1) is 12.7. The van der Waals surface area contributed by atoms with Crippen molar-refractivity contribution >= 4 is 17.2 Å². The molecule has 1 amide bonds. The number of amides is 1. The van der Waals surface area contributed by atoms with Crippen LogP contribution in [0.2, 0.25) is 0 Å². The second-order valence-electron chi connectivity index (χ2n) is 7.04. The number of nitrogens with one attached hydrogen (secondary N) is 1. The average Bonchev–Trinajstić information content (AvgIpc) is 3.14. The quantitative estimate of drug-likeness (QED) is 0.898. The average molecular weight is 372 g/mol. The molecule has 0 atom stereocenters. The first-order valence-electron chi connectivity index (χ1n) is 9.37. The highest BCUT2D eigenvalue weighted by Gasteiger charge is 2.42. The van der Waals surface area contributed by atoms with Crippen molar-refractivity contribution in [3.8, 4) is 0 Å². The molecule has 2 aromatic heterocycles. The highest BCUT2D eigenvalue weighted by molar-refractivity contribution is 7.14. The van der Waals surface area contributed by atoms with E-state index in [4.69, 9.17) is 4.74 Å². The number of hydrogen-bond acceptors (Lipinski definition) is 5. The van der Waals surface area contributed by atoms with E-state index in [-0.39, 0.29) is 11.5 Å². The summed E-state index contributed by atoms with van der Waals surface area (Å²) in [7, 11) is 0. The zero-order chi connectivity index (χ0) is 18.0. The van der Waals surface area contributed by atoms with E-state index in [1.54, 1.807) is 23.7 Å². The minimum Gasteiger partial charge on any atom is -0.369 e. The van der Waals surface area contributed by atoms with Gasteiger partial charge in [0.25, 0.3) is 5.91 Å². The first-order valence-corrected chi connectivity index (χ1v) is 10.2. The molecule has 1 fully saturated rings. The van der Waals surface area contributed by atoms with Gasteiger partial charge in [0.1, 0.15) is 5.60 Å². The number of hydrogen-bond donors (Lipinski definition) is 1. The molecule has 1 saturated heterocycles. The van der Waals surface area contributed by atoms with Crippen LogP contribution in [-0.2, 0) is 23.3 Å². The van der Waals surface area contributed by atoms with Crippen LogP contribution in [0.1, 0.15) is 45.4 Å². The topological polar surface area (TPSA) is 54.5 Å². The van der Waals surface area contributed by atoms with Crippen LogP contribution >= 0.6 is 11.3 Å². The monoisotopic (exact) mass is 371 g/mol. The molecule has 1 N–H and O–H groups in total. The van der Waals surface area contributed by atoms with Gasteiger partial charge in [-0.25, -0.2) is 0 Å². The van der Waals surface area contributed by atoms with Gasteiger partial charge in [-0.3, -0.25) is 9.78 Å². The largest absolute Gasteiger partial charge is 0.369 e. The number of pyridine rings is 1. The molecule has 138 valence electrons. The van der Waals surface area contributed by atoms with Crippen molar-refractivity contribution in [1.82, 2.24) is 15.2 Å². The molecule has 2 aliphatic rings. The molecular weight excluding hydrogens is 346 g/mol. The molecule has 4 rings (SSSR count). The van der Waals surface area contributed by atoms with Gasteiger partial charge in [-0.2, -0.15) is 0 Å². The van der Waals surface area contributed by atoms with Crippen molar-refractivity contribution in [2.24, 2.45) is 0 Å². The van der Waals surface area contributed by atoms with Crippen LogP contribution in [0.15, 0.2) is 30.6 Å². The Labute approximate surface area is 158 Å². The van der Waals surface area contributed by atoms with Crippen LogP contribution in [0.3, 0.4) is 0 Å². The van der Waals surface area contributed by atoms with Gasteiger partial charge in [-0.05, 0) is 49.1 Å². The van der Waals surface area contributed by atoms with Crippen molar-refractivity contribution in [1.29, 1.82) is 0 Å². The number of ether oxygens (including phenoxy) is 1. The lowest BCUT2D eigenvalue weighted by atomic mass is 9.85. The Hall–Kier alpha value is -1.76. The molecule has 1 spiro atoms. The predicted molar refractivity (Wildman–Crippen MR) is 102 cm³/mol. The van der Waals surface area contributed by atoms with Gasteiger partial charge in [-0.1, -0.05) is 13.0 Å². The summed E-state index contributed by atoms with van der Waals surface area (Å²) < 4.78 is 6.29. The molecule has 0 saturated carbocycles. The van der Waals surface area contributed by atoms with E-state index in [1.165, 1.54) is 10.4 Å². The summed E-state index contributed by atoms with van der Waals surface area (Å²) in [5.74, 6) is -0.00519. The molecule has 2 aliphatic heterocycles. The maximum atomic E-state index is 12.6. The van der Waals surface area contributed by atoms with E-state index in [1.807, 2.05) is 12.1 Å². The van der Waals surface area contributed by atoms with E-state index in [2.05, 4.69) is 28.2 Å². The van der Waals surface area contributed by atoms with E-state index in [0.29, 0.717) is 6.54 Å². The fraction of sp³-hybridized carbons (Fsp3) is 0.500. The van der Waals surface area contributed by atoms with Crippen molar-refractivity contribution in [3.63, 3.8) is 0 Å². The summed E-state index contributed by atoms with van der Waals surface area (Å²) in [6.45, 7) is 6.69. The lowest BCUT2D eigenvalue weighted by Gasteiger charge is -2.43.